The molecule has 6 rings (SSSR count). The first-order valence-corrected chi connectivity index (χ1v) is 16.3. The van der Waals surface area contributed by atoms with Crippen molar-refractivity contribution in [3.05, 3.63) is 135 Å². The van der Waals surface area contributed by atoms with Gasteiger partial charge in [0.1, 0.15) is 12.6 Å². The molecule has 1 amide bonds. The molecule has 0 saturated carbocycles. The van der Waals surface area contributed by atoms with Gasteiger partial charge in [0.05, 0.1) is 12.7 Å². The van der Waals surface area contributed by atoms with Crippen LogP contribution in [0.3, 0.4) is 0 Å². The standard InChI is InChI=1S/C35H31Cl2N5O3S/c1-21-10-4-9-15-28(21)39-33(43)31-22(2)38-34-40-35(46-20-25-12-6-8-14-27(25)37)41-42(34)32(31)23-16-17-29(30(18-23)44-3)45-19-24-11-5-7-13-26(24)36/h4-18,32H,19-20H2,1-3H3,(H,39,43)(H,38,40,41). The zero-order valence-electron chi connectivity index (χ0n) is 25.4. The van der Waals surface area contributed by atoms with Gasteiger partial charge in [0.15, 0.2) is 11.5 Å². The number of aromatic nitrogens is 3. The van der Waals surface area contributed by atoms with E-state index in [0.29, 0.717) is 49.7 Å². The number of para-hydroxylation sites is 1. The Morgan fingerprint density at radius 2 is 1.63 bits per heavy atom. The van der Waals surface area contributed by atoms with Gasteiger partial charge in [-0.15, -0.1) is 5.10 Å². The number of thioether (sulfide) groups is 1. The molecule has 0 radical (unpaired) electrons. The summed E-state index contributed by atoms with van der Waals surface area (Å²) < 4.78 is 13.6. The topological polar surface area (TPSA) is 90.3 Å². The molecule has 46 heavy (non-hydrogen) atoms. The Morgan fingerprint density at radius 1 is 0.935 bits per heavy atom. The van der Waals surface area contributed by atoms with Crippen molar-refractivity contribution in [2.45, 2.75) is 37.4 Å². The van der Waals surface area contributed by atoms with Crippen LogP contribution in [0.1, 0.15) is 35.2 Å². The van der Waals surface area contributed by atoms with Gasteiger partial charge in [-0.3, -0.25) is 4.79 Å². The molecule has 8 nitrogen and oxygen atoms in total. The third-order valence-electron chi connectivity index (χ3n) is 7.63. The predicted molar refractivity (Wildman–Crippen MR) is 184 cm³/mol. The number of fused-ring (bicyclic) bond motifs is 1. The van der Waals surface area contributed by atoms with Crippen molar-refractivity contribution in [2.24, 2.45) is 0 Å². The number of rotatable bonds is 10. The second-order valence-corrected chi connectivity index (χ2v) is 12.4. The highest BCUT2D eigenvalue weighted by Gasteiger charge is 2.35. The van der Waals surface area contributed by atoms with Crippen molar-refractivity contribution >= 4 is 52.5 Å². The molecule has 4 aromatic carbocycles. The number of amides is 1. The molecular weight excluding hydrogens is 641 g/mol. The minimum atomic E-state index is -0.617. The Hall–Kier alpha value is -4.44. The minimum absolute atomic E-state index is 0.256. The zero-order chi connectivity index (χ0) is 32.2. The van der Waals surface area contributed by atoms with Gasteiger partial charge >= 0.3 is 0 Å². The average molecular weight is 673 g/mol. The van der Waals surface area contributed by atoms with E-state index in [-0.39, 0.29) is 12.5 Å². The van der Waals surface area contributed by atoms with Crippen molar-refractivity contribution < 1.29 is 14.3 Å². The number of nitrogens with zero attached hydrogens (tertiary/aromatic N) is 3. The van der Waals surface area contributed by atoms with Gasteiger partial charge in [0.2, 0.25) is 11.1 Å². The summed E-state index contributed by atoms with van der Waals surface area (Å²) in [5, 5.41) is 13.1. The lowest BCUT2D eigenvalue weighted by Gasteiger charge is -2.29. The third kappa shape index (κ3) is 6.72. The van der Waals surface area contributed by atoms with Crippen molar-refractivity contribution in [3.8, 4) is 11.5 Å². The van der Waals surface area contributed by atoms with Gasteiger partial charge in [-0.05, 0) is 60.9 Å². The quantitative estimate of drug-likeness (QED) is 0.144. The first kappa shape index (κ1) is 31.5. The minimum Gasteiger partial charge on any atom is -0.493 e. The number of hydrogen-bond donors (Lipinski definition) is 2. The van der Waals surface area contributed by atoms with E-state index in [1.165, 1.54) is 11.8 Å². The fourth-order valence-electron chi connectivity index (χ4n) is 5.20. The van der Waals surface area contributed by atoms with Gasteiger partial charge in [-0.2, -0.15) is 4.98 Å². The second-order valence-electron chi connectivity index (χ2n) is 10.7. The summed E-state index contributed by atoms with van der Waals surface area (Å²) in [5.41, 5.74) is 5.45. The number of benzene rings is 4. The molecule has 1 atom stereocenters. The Bertz CT molecular complexity index is 1940. The van der Waals surface area contributed by atoms with Crippen LogP contribution >= 0.6 is 35.0 Å². The summed E-state index contributed by atoms with van der Waals surface area (Å²) in [6, 6.07) is 27.9. The lowest BCUT2D eigenvalue weighted by atomic mass is 9.94. The molecule has 2 heterocycles. The lowest BCUT2D eigenvalue weighted by Crippen LogP contribution is -2.31. The second kappa shape index (κ2) is 13.9. The average Bonchev–Trinajstić information content (AvgIpc) is 3.46. The molecule has 0 bridgehead atoms. The Kier molecular flexibility index (Phi) is 9.53. The van der Waals surface area contributed by atoms with E-state index in [1.807, 2.05) is 105 Å². The molecule has 2 N–H and O–H groups in total. The van der Waals surface area contributed by atoms with E-state index in [0.717, 1.165) is 27.9 Å². The van der Waals surface area contributed by atoms with E-state index in [2.05, 4.69) is 10.6 Å². The van der Waals surface area contributed by atoms with Crippen LogP contribution in [-0.2, 0) is 17.2 Å². The van der Waals surface area contributed by atoms with Crippen LogP contribution in [-0.4, -0.2) is 27.8 Å². The summed E-state index contributed by atoms with van der Waals surface area (Å²) >= 11 is 14.2. The van der Waals surface area contributed by atoms with Crippen LogP contribution in [0, 0.1) is 6.92 Å². The van der Waals surface area contributed by atoms with Crippen LogP contribution < -0.4 is 20.1 Å². The highest BCUT2D eigenvalue weighted by atomic mass is 35.5. The molecule has 0 spiro atoms. The summed E-state index contributed by atoms with van der Waals surface area (Å²) in [5.74, 6) is 1.91. The smallest absolute Gasteiger partial charge is 0.255 e. The zero-order valence-corrected chi connectivity index (χ0v) is 27.7. The number of allylic oxidation sites excluding steroid dienone is 1. The van der Waals surface area contributed by atoms with Gasteiger partial charge in [-0.25, -0.2) is 4.68 Å². The Labute approximate surface area is 281 Å². The number of carbonyl (C=O) groups excluding carboxylic acids is 1. The van der Waals surface area contributed by atoms with E-state index in [4.69, 9.17) is 42.8 Å². The predicted octanol–water partition coefficient (Wildman–Crippen LogP) is 8.70. The van der Waals surface area contributed by atoms with E-state index in [9.17, 15) is 4.79 Å². The van der Waals surface area contributed by atoms with Crippen LogP contribution in [0.5, 0.6) is 11.5 Å². The van der Waals surface area contributed by atoms with Crippen LogP contribution in [0.15, 0.2) is 107 Å². The fraction of sp³-hybridized carbons (Fsp3) is 0.171. The summed E-state index contributed by atoms with van der Waals surface area (Å²) in [7, 11) is 1.58. The fourth-order valence-corrected chi connectivity index (χ4v) is 6.50. The lowest BCUT2D eigenvalue weighted by molar-refractivity contribution is -0.113. The monoisotopic (exact) mass is 671 g/mol. The highest BCUT2D eigenvalue weighted by Crippen LogP contribution is 2.40. The summed E-state index contributed by atoms with van der Waals surface area (Å²) in [6.07, 6.45) is 0. The van der Waals surface area contributed by atoms with E-state index >= 15 is 0 Å². The number of ether oxygens (including phenoxy) is 2. The molecule has 0 aliphatic carbocycles. The first-order valence-electron chi connectivity index (χ1n) is 14.5. The van der Waals surface area contributed by atoms with E-state index in [1.54, 1.807) is 11.8 Å². The van der Waals surface area contributed by atoms with E-state index < -0.39 is 6.04 Å². The first-order chi connectivity index (χ1) is 22.3. The maximum Gasteiger partial charge on any atom is 0.255 e. The molecule has 11 heteroatoms. The van der Waals surface area contributed by atoms with Crippen LogP contribution in [0.4, 0.5) is 11.6 Å². The van der Waals surface area contributed by atoms with Gasteiger partial charge < -0.3 is 20.1 Å². The third-order valence-corrected chi connectivity index (χ3v) is 9.25. The van der Waals surface area contributed by atoms with Crippen molar-refractivity contribution in [2.75, 3.05) is 17.7 Å². The Morgan fingerprint density at radius 3 is 2.35 bits per heavy atom. The van der Waals surface area contributed by atoms with Gasteiger partial charge in [-0.1, -0.05) is 95.6 Å². The number of methoxy groups -OCH3 is 1. The van der Waals surface area contributed by atoms with Crippen molar-refractivity contribution in [1.82, 2.24) is 14.8 Å². The largest absolute Gasteiger partial charge is 0.493 e. The normalized spacial score (nSPS) is 14.0. The number of aryl methyl sites for hydroxylation is 1. The van der Waals surface area contributed by atoms with Gasteiger partial charge in [0.25, 0.3) is 5.91 Å². The van der Waals surface area contributed by atoms with Crippen molar-refractivity contribution in [3.63, 3.8) is 0 Å². The van der Waals surface area contributed by atoms with Crippen LogP contribution in [0.25, 0.3) is 0 Å². The molecule has 1 aliphatic rings. The molecule has 5 aromatic rings. The number of hydrogen-bond acceptors (Lipinski definition) is 7. The number of nitrogens with one attached hydrogen (secondary N) is 2. The number of anilines is 2. The highest BCUT2D eigenvalue weighted by molar-refractivity contribution is 7.98. The molecule has 1 aromatic heterocycles. The van der Waals surface area contributed by atoms with Crippen LogP contribution in [0.2, 0.25) is 10.0 Å². The number of carbonyl (C=O) groups is 1. The maximum absolute atomic E-state index is 14.0. The molecule has 1 aliphatic heterocycles. The Balaban J connectivity index is 1.36. The van der Waals surface area contributed by atoms with Gasteiger partial charge in [0, 0.05) is 32.7 Å². The van der Waals surface area contributed by atoms with Crippen molar-refractivity contribution in [1.29, 1.82) is 0 Å². The molecule has 1 unspecified atom stereocenters. The molecule has 234 valence electrons. The SMILES string of the molecule is COc1cc(C2C(C(=O)Nc3ccccc3C)=C(C)Nc3nc(SCc4ccccc4Cl)nn32)ccc1OCc1ccccc1Cl. The maximum atomic E-state index is 14.0. The molecular formula is C35H31Cl2N5O3S. The molecule has 0 saturated heterocycles. The molecule has 0 fully saturated rings. The number of halogens is 2. The summed E-state index contributed by atoms with van der Waals surface area (Å²) in [4.78, 5) is 18.8. The summed E-state index contributed by atoms with van der Waals surface area (Å²) in [6.45, 7) is 4.09.